The minimum Gasteiger partial charge on any atom is -0.497 e. The lowest BCUT2D eigenvalue weighted by Crippen LogP contribution is -1.97. The number of methoxy groups -OCH3 is 1. The Morgan fingerprint density at radius 2 is 2.33 bits per heavy atom. The van der Waals surface area contributed by atoms with Crippen LogP contribution in [0.4, 0.5) is 0 Å². The quantitative estimate of drug-likeness (QED) is 0.550. The minimum absolute atomic E-state index is 0.0273. The van der Waals surface area contributed by atoms with Crippen LogP contribution in [0.3, 0.4) is 0 Å². The smallest absolute Gasteiger partial charge is 0.207 e. The maximum absolute atomic E-state index is 10.1. The Bertz CT molecular complexity index is 361. The summed E-state index contributed by atoms with van der Waals surface area (Å²) in [7, 11) is 1.61. The van der Waals surface area contributed by atoms with Gasteiger partial charge in [-0.3, -0.25) is 10.1 Å². The Morgan fingerprint density at radius 1 is 1.53 bits per heavy atom. The summed E-state index contributed by atoms with van der Waals surface area (Å²) in [6.07, 6.45) is 4.09. The molecule has 1 aromatic carbocycles. The fourth-order valence-electron chi connectivity index (χ4n) is 1.14. The van der Waals surface area contributed by atoms with Crippen LogP contribution in [-0.4, -0.2) is 18.6 Å². The first kappa shape index (κ1) is 11.2. The van der Waals surface area contributed by atoms with Crippen molar-refractivity contribution in [3.63, 3.8) is 0 Å². The molecule has 0 unspecified atom stereocenters. The predicted octanol–water partition coefficient (Wildman–Crippen LogP) is 2.38. The van der Waals surface area contributed by atoms with Gasteiger partial charge < -0.3 is 4.74 Å². The Labute approximate surface area is 88.3 Å². The third kappa shape index (κ3) is 4.26. The van der Waals surface area contributed by atoms with Crippen molar-refractivity contribution < 1.29 is 9.66 Å². The summed E-state index contributed by atoms with van der Waals surface area (Å²) in [5, 5.41) is 10.1. The molecule has 0 aliphatic heterocycles. The van der Waals surface area contributed by atoms with Crippen molar-refractivity contribution in [1.29, 1.82) is 0 Å². The van der Waals surface area contributed by atoms with E-state index in [-0.39, 0.29) is 11.5 Å². The number of benzene rings is 1. The second-order valence-electron chi connectivity index (χ2n) is 3.02. The van der Waals surface area contributed by atoms with Crippen molar-refractivity contribution in [3.05, 3.63) is 46.0 Å². The minimum atomic E-state index is -0.323. The van der Waals surface area contributed by atoms with Crippen molar-refractivity contribution in [2.24, 2.45) is 0 Å². The highest BCUT2D eigenvalue weighted by Crippen LogP contribution is 2.13. The van der Waals surface area contributed by atoms with E-state index in [2.05, 4.69) is 0 Å². The van der Waals surface area contributed by atoms with Gasteiger partial charge in [-0.1, -0.05) is 24.3 Å². The fourth-order valence-corrected chi connectivity index (χ4v) is 1.14. The highest BCUT2D eigenvalue weighted by molar-refractivity contribution is 5.51. The standard InChI is InChI=1S/C11H13NO3/c1-15-11-7-4-6-10(9-11)5-2-3-8-12(13)14/h2,4-7,9H,3,8H2,1H3/b5-2+. The lowest BCUT2D eigenvalue weighted by Gasteiger charge is -1.99. The Kier molecular flexibility index (Phi) is 4.34. The summed E-state index contributed by atoms with van der Waals surface area (Å²) in [5.41, 5.74) is 0.984. The molecule has 0 N–H and O–H groups in total. The van der Waals surface area contributed by atoms with Gasteiger partial charge in [0.05, 0.1) is 7.11 Å². The molecule has 1 aromatic rings. The molecule has 0 aliphatic rings. The van der Waals surface area contributed by atoms with Crippen LogP contribution >= 0.6 is 0 Å². The maximum atomic E-state index is 10.1. The lowest BCUT2D eigenvalue weighted by atomic mass is 10.2. The van der Waals surface area contributed by atoms with Crippen LogP contribution in [0.2, 0.25) is 0 Å². The van der Waals surface area contributed by atoms with Crippen LogP contribution in [0.25, 0.3) is 6.08 Å². The average molecular weight is 207 g/mol. The summed E-state index contributed by atoms with van der Waals surface area (Å²) in [4.78, 5) is 9.74. The van der Waals surface area contributed by atoms with E-state index in [9.17, 15) is 10.1 Å². The van der Waals surface area contributed by atoms with Crippen LogP contribution in [0.15, 0.2) is 30.3 Å². The molecule has 0 heterocycles. The summed E-state index contributed by atoms with van der Waals surface area (Å²) in [6.45, 7) is -0.0273. The third-order valence-corrected chi connectivity index (χ3v) is 1.88. The molecule has 4 nitrogen and oxygen atoms in total. The van der Waals surface area contributed by atoms with E-state index in [1.807, 2.05) is 30.3 Å². The van der Waals surface area contributed by atoms with E-state index >= 15 is 0 Å². The summed E-state index contributed by atoms with van der Waals surface area (Å²) < 4.78 is 5.06. The Morgan fingerprint density at radius 3 is 3.00 bits per heavy atom. The summed E-state index contributed by atoms with van der Waals surface area (Å²) in [5.74, 6) is 0.784. The van der Waals surface area contributed by atoms with E-state index in [0.29, 0.717) is 6.42 Å². The predicted molar refractivity (Wildman–Crippen MR) is 58.5 cm³/mol. The van der Waals surface area contributed by atoms with Gasteiger partial charge in [-0.05, 0) is 17.7 Å². The van der Waals surface area contributed by atoms with Gasteiger partial charge in [-0.2, -0.15) is 0 Å². The van der Waals surface area contributed by atoms with Crippen molar-refractivity contribution in [2.45, 2.75) is 6.42 Å². The van der Waals surface area contributed by atoms with Gasteiger partial charge in [0.15, 0.2) is 0 Å². The topological polar surface area (TPSA) is 52.4 Å². The molecule has 0 aromatic heterocycles. The molecule has 0 amide bonds. The molecule has 4 heteroatoms. The first-order chi connectivity index (χ1) is 7.22. The monoisotopic (exact) mass is 207 g/mol. The first-order valence-corrected chi connectivity index (χ1v) is 4.65. The molecule has 0 saturated carbocycles. The van der Waals surface area contributed by atoms with Crippen molar-refractivity contribution in [3.8, 4) is 5.75 Å². The molecular formula is C11H13NO3. The average Bonchev–Trinajstić information content (AvgIpc) is 2.24. The van der Waals surface area contributed by atoms with E-state index in [0.717, 1.165) is 11.3 Å². The SMILES string of the molecule is COc1cccc(/C=C/CC[N+](=O)[O-])c1. The van der Waals surface area contributed by atoms with Gasteiger partial charge in [-0.25, -0.2) is 0 Å². The van der Waals surface area contributed by atoms with E-state index in [1.165, 1.54) is 0 Å². The van der Waals surface area contributed by atoms with Crippen LogP contribution in [-0.2, 0) is 0 Å². The normalized spacial score (nSPS) is 10.5. The Hall–Kier alpha value is -1.84. The highest BCUT2D eigenvalue weighted by Gasteiger charge is 1.93. The number of rotatable bonds is 5. The largest absolute Gasteiger partial charge is 0.497 e. The number of hydrogen-bond acceptors (Lipinski definition) is 3. The lowest BCUT2D eigenvalue weighted by molar-refractivity contribution is -0.478. The fraction of sp³-hybridized carbons (Fsp3) is 0.273. The number of ether oxygens (including phenoxy) is 1. The third-order valence-electron chi connectivity index (χ3n) is 1.88. The second-order valence-corrected chi connectivity index (χ2v) is 3.02. The van der Waals surface area contributed by atoms with Gasteiger partial charge in [0, 0.05) is 11.3 Å². The zero-order valence-corrected chi connectivity index (χ0v) is 8.55. The zero-order valence-electron chi connectivity index (χ0n) is 8.55. The zero-order chi connectivity index (χ0) is 11.1. The molecule has 0 fully saturated rings. The maximum Gasteiger partial charge on any atom is 0.207 e. The molecule has 0 atom stereocenters. The Balaban J connectivity index is 2.52. The highest BCUT2D eigenvalue weighted by atomic mass is 16.6. The van der Waals surface area contributed by atoms with Gasteiger partial charge in [0.25, 0.3) is 0 Å². The van der Waals surface area contributed by atoms with Crippen LogP contribution in [0, 0.1) is 10.1 Å². The van der Waals surface area contributed by atoms with Gasteiger partial charge in [0.1, 0.15) is 5.75 Å². The first-order valence-electron chi connectivity index (χ1n) is 4.65. The molecule has 15 heavy (non-hydrogen) atoms. The molecule has 80 valence electrons. The molecule has 0 saturated heterocycles. The van der Waals surface area contributed by atoms with Crippen LogP contribution in [0.1, 0.15) is 12.0 Å². The summed E-state index contributed by atoms with van der Waals surface area (Å²) >= 11 is 0. The molecular weight excluding hydrogens is 194 g/mol. The summed E-state index contributed by atoms with van der Waals surface area (Å²) in [6, 6.07) is 7.54. The van der Waals surface area contributed by atoms with Gasteiger partial charge in [-0.15, -0.1) is 0 Å². The molecule has 0 bridgehead atoms. The number of nitro groups is 1. The van der Waals surface area contributed by atoms with Gasteiger partial charge in [0.2, 0.25) is 6.54 Å². The second kappa shape index (κ2) is 5.80. The van der Waals surface area contributed by atoms with Crippen molar-refractivity contribution in [1.82, 2.24) is 0 Å². The van der Waals surface area contributed by atoms with Crippen molar-refractivity contribution in [2.75, 3.05) is 13.7 Å². The van der Waals surface area contributed by atoms with E-state index < -0.39 is 0 Å². The van der Waals surface area contributed by atoms with Crippen LogP contribution < -0.4 is 4.74 Å². The molecule has 0 radical (unpaired) electrons. The van der Waals surface area contributed by atoms with Crippen LogP contribution in [0.5, 0.6) is 5.75 Å². The molecule has 1 rings (SSSR count). The molecule has 0 aliphatic carbocycles. The van der Waals surface area contributed by atoms with E-state index in [1.54, 1.807) is 13.2 Å². The molecule has 0 spiro atoms. The van der Waals surface area contributed by atoms with Crippen molar-refractivity contribution >= 4 is 6.08 Å². The van der Waals surface area contributed by atoms with Gasteiger partial charge >= 0.3 is 0 Å². The van der Waals surface area contributed by atoms with E-state index in [4.69, 9.17) is 4.74 Å². The number of hydrogen-bond donors (Lipinski definition) is 0. The number of nitrogens with zero attached hydrogens (tertiary/aromatic N) is 1.